The van der Waals surface area contributed by atoms with Crippen molar-refractivity contribution in [2.45, 2.75) is 86.8 Å². The van der Waals surface area contributed by atoms with Crippen molar-refractivity contribution in [2.24, 2.45) is 0 Å². The maximum absolute atomic E-state index is 11.7. The Kier molecular flexibility index (Phi) is 13.2. The molecule has 0 radical (unpaired) electrons. The molecule has 0 aliphatic heterocycles. The van der Waals surface area contributed by atoms with Crippen LogP contribution >= 0.6 is 0 Å². The molecule has 1 N–H and O–H groups in total. The molecule has 2 heterocycles. The number of nitrogens with one attached hydrogen (secondary N) is 1. The van der Waals surface area contributed by atoms with E-state index in [0.717, 1.165) is 47.0 Å². The Labute approximate surface area is 205 Å². The first-order valence-electron chi connectivity index (χ1n) is 12.7. The predicted molar refractivity (Wildman–Crippen MR) is 141 cm³/mol. The van der Waals surface area contributed by atoms with Gasteiger partial charge in [0.15, 0.2) is 0 Å². The van der Waals surface area contributed by atoms with E-state index in [1.165, 1.54) is 0 Å². The fourth-order valence-corrected chi connectivity index (χ4v) is 3.37. The minimum absolute atomic E-state index is 0.412. The lowest BCUT2D eigenvalue weighted by molar-refractivity contribution is 0.0497. The second-order valence-corrected chi connectivity index (χ2v) is 8.33. The molecule has 3 aromatic rings. The number of para-hydroxylation sites is 1. The summed E-state index contributed by atoms with van der Waals surface area (Å²) in [6, 6.07) is 8.15. The smallest absolute Gasteiger partial charge is 0.407 e. The molecule has 34 heavy (non-hydrogen) atoms. The molecule has 0 unspecified atom stereocenters. The number of aromatic nitrogens is 3. The highest BCUT2D eigenvalue weighted by molar-refractivity contribution is 6.02. The summed E-state index contributed by atoms with van der Waals surface area (Å²) in [5, 5.41) is 3.82. The Morgan fingerprint density at radius 1 is 1.06 bits per heavy atom. The first kappa shape index (κ1) is 29.4. The minimum atomic E-state index is -0.500. The van der Waals surface area contributed by atoms with Crippen molar-refractivity contribution >= 4 is 28.0 Å². The second-order valence-electron chi connectivity index (χ2n) is 8.33. The topological polar surface area (TPSA) is 78.3 Å². The third kappa shape index (κ3) is 8.93. The number of ether oxygens (including phenoxy) is 2. The van der Waals surface area contributed by atoms with E-state index in [1.807, 2.05) is 72.9 Å². The van der Waals surface area contributed by atoms with Gasteiger partial charge in [-0.15, -0.1) is 0 Å². The Morgan fingerprint density at radius 3 is 2.44 bits per heavy atom. The lowest BCUT2D eigenvalue weighted by atomic mass is 10.2. The minimum Gasteiger partial charge on any atom is -0.444 e. The average molecular weight is 473 g/mol. The molecule has 190 valence electrons. The fraction of sp³-hybridized carbons (Fsp3) is 0.593. The Bertz CT molecular complexity index is 993. The van der Waals surface area contributed by atoms with Crippen LogP contribution in [0.3, 0.4) is 0 Å². The second kappa shape index (κ2) is 15.3. The molecule has 0 fully saturated rings. The number of rotatable bonds is 9. The lowest BCUT2D eigenvalue weighted by Gasteiger charge is -2.19. The van der Waals surface area contributed by atoms with E-state index in [1.54, 1.807) is 0 Å². The van der Waals surface area contributed by atoms with Gasteiger partial charge in [0.2, 0.25) is 0 Å². The molecule has 3 rings (SSSR count). The highest BCUT2D eigenvalue weighted by Gasteiger charge is 2.16. The number of nitrogens with zero attached hydrogens (tertiary/aromatic N) is 3. The van der Waals surface area contributed by atoms with Crippen molar-refractivity contribution < 1.29 is 14.3 Å². The number of fused-ring (bicyclic) bond motifs is 3. The van der Waals surface area contributed by atoms with E-state index >= 15 is 0 Å². The summed E-state index contributed by atoms with van der Waals surface area (Å²) in [4.78, 5) is 21.1. The van der Waals surface area contributed by atoms with Crippen LogP contribution in [0.2, 0.25) is 0 Å². The molecule has 0 saturated carbocycles. The van der Waals surface area contributed by atoms with Gasteiger partial charge in [-0.3, -0.25) is 4.98 Å². The van der Waals surface area contributed by atoms with Crippen LogP contribution in [0, 0.1) is 0 Å². The van der Waals surface area contributed by atoms with Crippen molar-refractivity contribution in [1.82, 2.24) is 19.9 Å². The Balaban J connectivity index is 0.00000137. The number of carbonyl (C=O) groups is 1. The molecular weight excluding hydrogens is 428 g/mol. The zero-order valence-corrected chi connectivity index (χ0v) is 22.4. The van der Waals surface area contributed by atoms with E-state index in [2.05, 4.69) is 27.9 Å². The van der Waals surface area contributed by atoms with E-state index in [9.17, 15) is 4.79 Å². The number of hydrogen-bond donors (Lipinski definition) is 1. The molecule has 2 aromatic heterocycles. The number of hydrogen-bond acceptors (Lipinski definition) is 5. The fourth-order valence-electron chi connectivity index (χ4n) is 3.37. The standard InChI is InChI=1S/C23H32N4O3.2C2H6/c1-5-6-11-20-26-19-16-25-18-10-8-7-9-17(18)21(19)27(20)13-15-29-14-12-24-22(28)30-23(2,3)4;2*1-2/h7-10,16H,5-6,11-15H2,1-4H3,(H,24,28);2*1-2H3. The maximum Gasteiger partial charge on any atom is 0.407 e. The third-order valence-corrected chi connectivity index (χ3v) is 4.69. The molecule has 1 aromatic carbocycles. The zero-order valence-electron chi connectivity index (χ0n) is 22.4. The summed E-state index contributed by atoms with van der Waals surface area (Å²) in [5.74, 6) is 1.07. The number of alkyl carbamates (subject to hydrolysis) is 1. The molecule has 1 amide bonds. The molecule has 0 aliphatic rings. The Hall–Kier alpha value is -2.67. The van der Waals surface area contributed by atoms with Gasteiger partial charge in [-0.05, 0) is 33.3 Å². The van der Waals surface area contributed by atoms with Crippen LogP contribution in [-0.4, -0.2) is 46.0 Å². The Morgan fingerprint density at radius 2 is 1.76 bits per heavy atom. The molecule has 0 spiro atoms. The van der Waals surface area contributed by atoms with Crippen molar-refractivity contribution in [3.8, 4) is 0 Å². The summed E-state index contributed by atoms with van der Waals surface area (Å²) < 4.78 is 13.3. The van der Waals surface area contributed by atoms with Crippen LogP contribution < -0.4 is 5.32 Å². The number of imidazole rings is 1. The van der Waals surface area contributed by atoms with Gasteiger partial charge in [0, 0.05) is 24.9 Å². The zero-order chi connectivity index (χ0) is 25.6. The quantitative estimate of drug-likeness (QED) is 0.359. The summed E-state index contributed by atoms with van der Waals surface area (Å²) in [6.07, 6.45) is 4.58. The van der Waals surface area contributed by atoms with E-state index < -0.39 is 11.7 Å². The summed E-state index contributed by atoms with van der Waals surface area (Å²) in [5.41, 5.74) is 2.50. The number of benzene rings is 1. The van der Waals surface area contributed by atoms with Crippen LogP contribution in [0.25, 0.3) is 21.9 Å². The van der Waals surface area contributed by atoms with Gasteiger partial charge in [-0.1, -0.05) is 59.2 Å². The van der Waals surface area contributed by atoms with Gasteiger partial charge >= 0.3 is 6.09 Å². The molecule has 7 nitrogen and oxygen atoms in total. The monoisotopic (exact) mass is 472 g/mol. The SMILES string of the molecule is CC.CC.CCCCc1nc2cnc3ccccc3c2n1CCOCCNC(=O)OC(C)(C)C. The summed E-state index contributed by atoms with van der Waals surface area (Å²) in [7, 11) is 0. The molecule has 0 bridgehead atoms. The molecule has 0 aliphatic carbocycles. The highest BCUT2D eigenvalue weighted by atomic mass is 16.6. The van der Waals surface area contributed by atoms with E-state index in [4.69, 9.17) is 14.5 Å². The van der Waals surface area contributed by atoms with Gasteiger partial charge in [-0.25, -0.2) is 9.78 Å². The van der Waals surface area contributed by atoms with Crippen LogP contribution in [0.1, 0.15) is 74.1 Å². The first-order valence-corrected chi connectivity index (χ1v) is 12.7. The third-order valence-electron chi connectivity index (χ3n) is 4.69. The lowest BCUT2D eigenvalue weighted by Crippen LogP contribution is -2.34. The molecule has 7 heteroatoms. The van der Waals surface area contributed by atoms with Crippen molar-refractivity contribution in [1.29, 1.82) is 0 Å². The van der Waals surface area contributed by atoms with Crippen molar-refractivity contribution in [3.05, 3.63) is 36.3 Å². The maximum atomic E-state index is 11.7. The number of pyridine rings is 1. The van der Waals surface area contributed by atoms with E-state index in [-0.39, 0.29) is 0 Å². The van der Waals surface area contributed by atoms with Gasteiger partial charge in [0.25, 0.3) is 0 Å². The van der Waals surface area contributed by atoms with Gasteiger partial charge in [-0.2, -0.15) is 0 Å². The highest BCUT2D eigenvalue weighted by Crippen LogP contribution is 2.25. The van der Waals surface area contributed by atoms with Gasteiger partial charge in [0.1, 0.15) is 16.9 Å². The van der Waals surface area contributed by atoms with Crippen LogP contribution in [0.4, 0.5) is 4.79 Å². The molecular formula is C27H44N4O3. The number of carbonyl (C=O) groups excluding carboxylic acids is 1. The van der Waals surface area contributed by atoms with Crippen LogP contribution in [0.5, 0.6) is 0 Å². The van der Waals surface area contributed by atoms with E-state index in [0.29, 0.717) is 26.3 Å². The van der Waals surface area contributed by atoms with Crippen LogP contribution in [0.15, 0.2) is 30.5 Å². The molecule has 0 atom stereocenters. The number of amides is 1. The normalized spacial score (nSPS) is 10.8. The average Bonchev–Trinajstić information content (AvgIpc) is 3.19. The summed E-state index contributed by atoms with van der Waals surface area (Å²) >= 11 is 0. The van der Waals surface area contributed by atoms with Crippen molar-refractivity contribution in [3.63, 3.8) is 0 Å². The molecule has 0 saturated heterocycles. The first-order chi connectivity index (χ1) is 16.4. The number of unbranched alkanes of at least 4 members (excludes halogenated alkanes) is 1. The van der Waals surface area contributed by atoms with Crippen LogP contribution in [-0.2, 0) is 22.4 Å². The van der Waals surface area contributed by atoms with Crippen molar-refractivity contribution in [2.75, 3.05) is 19.8 Å². The van der Waals surface area contributed by atoms with Gasteiger partial charge in [0.05, 0.1) is 30.4 Å². The predicted octanol–water partition coefficient (Wildman–Crippen LogP) is 6.52. The van der Waals surface area contributed by atoms with Gasteiger partial charge < -0.3 is 19.4 Å². The largest absolute Gasteiger partial charge is 0.444 e. The summed E-state index contributed by atoms with van der Waals surface area (Å²) in [6.45, 7) is 17.8. The number of aryl methyl sites for hydroxylation is 1.